The van der Waals surface area contributed by atoms with Gasteiger partial charge in [0.05, 0.1) is 33.3 Å². The fraction of sp³-hybridized carbons (Fsp3) is 0.126. The van der Waals surface area contributed by atoms with Crippen molar-refractivity contribution in [2.75, 3.05) is 0 Å². The lowest BCUT2D eigenvalue weighted by Crippen LogP contribution is -2.31. The Morgan fingerprint density at radius 3 is 1.08 bits per heavy atom. The van der Waals surface area contributed by atoms with Crippen LogP contribution in [0.15, 0.2) is 350 Å². The first-order valence-electron chi connectivity index (χ1n) is 47.1. The highest BCUT2D eigenvalue weighted by Gasteiger charge is 2.31. The number of hydrogen-bond donors (Lipinski definition) is 0. The second-order valence-electron chi connectivity index (χ2n) is 34.7. The quantitative estimate of drug-likeness (QED) is 0.159. The first-order valence-corrected chi connectivity index (χ1v) is 44.1. The Morgan fingerprint density at radius 1 is 0.231 bits per heavy atom. The fourth-order valence-electron chi connectivity index (χ4n) is 19.7. The molecular formula is C119H99N6O5+5. The molecule has 0 aliphatic rings. The van der Waals surface area contributed by atoms with Gasteiger partial charge in [0.1, 0.15) is 57.6 Å². The third-order valence-electron chi connectivity index (χ3n) is 26.0. The minimum atomic E-state index is -2.34. The molecule has 11 heteroatoms. The van der Waals surface area contributed by atoms with Gasteiger partial charge in [0.25, 0.3) is 28.5 Å². The molecule has 0 spiro atoms. The van der Waals surface area contributed by atoms with Gasteiger partial charge < -0.3 is 22.1 Å². The smallest absolute Gasteiger partial charge is 0.256 e. The third-order valence-corrected chi connectivity index (χ3v) is 26.0. The summed E-state index contributed by atoms with van der Waals surface area (Å²) in [6.07, 6.45) is 10.2. The highest BCUT2D eigenvalue weighted by molar-refractivity contribution is 6.24. The lowest BCUT2D eigenvalue weighted by molar-refractivity contribution is -0.659. The van der Waals surface area contributed by atoms with Crippen LogP contribution in [0.5, 0.6) is 0 Å². The zero-order valence-electron chi connectivity index (χ0n) is 80.9. The normalized spacial score (nSPS) is 12.5. The Bertz CT molecular complexity index is 9220. The van der Waals surface area contributed by atoms with Gasteiger partial charge in [-0.3, -0.25) is 0 Å². The van der Waals surface area contributed by atoms with Crippen LogP contribution in [-0.4, -0.2) is 4.98 Å². The Morgan fingerprint density at radius 2 is 0.592 bits per heavy atom. The van der Waals surface area contributed by atoms with Gasteiger partial charge in [-0.2, -0.15) is 22.8 Å². The summed E-state index contributed by atoms with van der Waals surface area (Å²) in [7, 11) is 10.1. The van der Waals surface area contributed by atoms with E-state index in [1.165, 1.54) is 126 Å². The Hall–Kier alpha value is -15.7. The number of fused-ring (bicyclic) bond motifs is 24. The molecule has 130 heavy (non-hydrogen) atoms. The van der Waals surface area contributed by atoms with Crippen molar-refractivity contribution in [3.63, 3.8) is 0 Å². The maximum Gasteiger partial charge on any atom is 0.256 e. The minimum absolute atomic E-state index is 0.218. The molecule has 11 heterocycles. The van der Waals surface area contributed by atoms with Crippen molar-refractivity contribution >= 4 is 164 Å². The first kappa shape index (κ1) is 74.5. The summed E-state index contributed by atoms with van der Waals surface area (Å²) in [5, 5.41) is 21.2. The Balaban J connectivity index is 0.000000102. The Kier molecular flexibility index (Phi) is 18.7. The highest BCUT2D eigenvalue weighted by atomic mass is 16.3. The van der Waals surface area contributed by atoms with Crippen molar-refractivity contribution in [2.45, 2.75) is 69.1 Å². The van der Waals surface area contributed by atoms with Crippen molar-refractivity contribution in [3.8, 4) is 56.3 Å². The summed E-state index contributed by atoms with van der Waals surface area (Å²) in [5.41, 5.74) is 30.1. The molecule has 0 unspecified atom stereocenters. The first-order chi connectivity index (χ1) is 65.6. The molecular weight excluding hydrogens is 1590 g/mol. The van der Waals surface area contributed by atoms with Crippen LogP contribution in [0.3, 0.4) is 0 Å². The van der Waals surface area contributed by atoms with Crippen LogP contribution in [0.4, 0.5) is 0 Å². The number of rotatable bonds is 5. The van der Waals surface area contributed by atoms with E-state index in [0.29, 0.717) is 28.0 Å². The van der Waals surface area contributed by atoms with Crippen molar-refractivity contribution < 1.29 is 53.1 Å². The van der Waals surface area contributed by atoms with E-state index in [-0.39, 0.29) is 11.1 Å². The van der Waals surface area contributed by atoms with Crippen LogP contribution in [0.2, 0.25) is 0 Å². The molecule has 0 N–H and O–H groups in total. The molecule has 0 aliphatic carbocycles. The van der Waals surface area contributed by atoms with E-state index in [1.807, 2.05) is 61.5 Å². The molecule has 0 radical (unpaired) electrons. The van der Waals surface area contributed by atoms with Crippen molar-refractivity contribution in [1.82, 2.24) is 4.98 Å². The second-order valence-corrected chi connectivity index (χ2v) is 34.7. The van der Waals surface area contributed by atoms with Gasteiger partial charge in [-0.05, 0) is 207 Å². The predicted octanol–water partition coefficient (Wildman–Crippen LogP) is 28.6. The molecule has 0 saturated carbocycles. The van der Waals surface area contributed by atoms with E-state index in [2.05, 4.69) is 344 Å². The summed E-state index contributed by atoms with van der Waals surface area (Å²) in [6, 6.07) is 102. The molecule has 0 fully saturated rings. The summed E-state index contributed by atoms with van der Waals surface area (Å²) >= 11 is 0. The van der Waals surface area contributed by atoms with Crippen molar-refractivity contribution in [2.24, 2.45) is 35.2 Å². The van der Waals surface area contributed by atoms with E-state index in [4.69, 9.17) is 35.3 Å². The van der Waals surface area contributed by atoms with Crippen LogP contribution in [0.1, 0.15) is 63.9 Å². The molecule has 0 atom stereocenters. The monoisotopic (exact) mass is 1700 g/mol. The topological polar surface area (TPSA) is 98.0 Å². The van der Waals surface area contributed by atoms with Crippen molar-refractivity contribution in [1.29, 1.82) is 0 Å². The van der Waals surface area contributed by atoms with E-state index < -0.39 is 13.7 Å². The number of nitrogens with zero attached hydrogens (tertiary/aromatic N) is 6. The van der Waals surface area contributed by atoms with Crippen LogP contribution < -0.4 is 22.8 Å². The number of hydrogen-bond acceptors (Lipinski definition) is 6. The van der Waals surface area contributed by atoms with E-state index in [1.54, 1.807) is 36.0 Å². The number of pyridine rings is 6. The van der Waals surface area contributed by atoms with E-state index >= 15 is 0 Å². The number of aryl methyl sites for hydroxylation is 15. The molecule has 0 aliphatic heterocycles. The summed E-state index contributed by atoms with van der Waals surface area (Å²) in [4.78, 5) is 4.73. The van der Waals surface area contributed by atoms with Gasteiger partial charge >= 0.3 is 0 Å². The molecule has 25 rings (SSSR count). The van der Waals surface area contributed by atoms with Gasteiger partial charge in [0.2, 0.25) is 33.6 Å². The maximum absolute atomic E-state index is 8.20. The zero-order valence-corrected chi connectivity index (χ0v) is 74.9. The van der Waals surface area contributed by atoms with Gasteiger partial charge in [-0.15, -0.1) is 0 Å². The van der Waals surface area contributed by atoms with Gasteiger partial charge in [-0.1, -0.05) is 229 Å². The van der Waals surface area contributed by atoms with E-state index in [9.17, 15) is 0 Å². The van der Waals surface area contributed by atoms with E-state index in [0.717, 1.165) is 111 Å². The molecule has 630 valence electrons. The minimum Gasteiger partial charge on any atom is -0.449 e. The average molecular weight is 1700 g/mol. The van der Waals surface area contributed by atoms with Crippen LogP contribution >= 0.6 is 0 Å². The number of benzene rings is 14. The SMILES string of the molecule is Cc1ccc(-c2c3oc4ccc5ccccc5c4c3c(C)c[n+]2C)c(C)c1.Cc1ccc2c(ccc3oc4c(-c5ccccc5C)[n+](C)ccc4c32)c1.Cc1ccccc1-c1c2oc3ccc4ccccc4c3c2cc[n+]1C.Cc1ccccc1-c1c2oc3nc4ccccc4cc3c2cc[n+]1C.[2H]C([2H])([2H])c1ccc(-c2c3oc4ccc5ccccc5c4c3c(C([2H])([2H])[2H])c[n+]2C)c(C)c1. The molecule has 0 amide bonds. The standard InChI is InChI=1S/2C25H22NO.C24H20NO.C23H18NO.C22H17N2O/c2*1-15-9-11-19(16(2)13-15)24-25-22(17(3)14-26(24)4)23-20-8-6-5-7-18(20)10-12-21(23)27-25;1-15-8-10-19-17(14-15)9-11-21-22(19)20-12-13-25(3)23(24(20)26-21)18-7-5-4-6-16(18)2;1-15-7-3-5-9-17(15)22-23-19(13-14-24(22)2)21-18-10-6-4-8-16(18)11-12-20(21)25-23;1-14-7-3-5-9-16(14)20-21-17(11-12-24(20)2)18-13-15-8-4-6-10-19(15)23-22(18)25-21/h2*5-14H,1-4H3;4-14H,1-3H3;3-14H,1-2H3;3-13H,1-2H3/q5*+1/i1D3,3D3;;;;. The van der Waals surface area contributed by atoms with Crippen molar-refractivity contribution in [3.05, 3.63) is 384 Å². The van der Waals surface area contributed by atoms with Crippen LogP contribution in [0, 0.1) is 69.1 Å². The molecule has 0 saturated heterocycles. The third kappa shape index (κ3) is 14.0. The van der Waals surface area contributed by atoms with Crippen LogP contribution in [0.25, 0.3) is 220 Å². The molecule has 11 nitrogen and oxygen atoms in total. The predicted molar refractivity (Wildman–Crippen MR) is 534 cm³/mol. The molecule has 0 bridgehead atoms. The number of furan rings is 5. The number of para-hydroxylation sites is 1. The lowest BCUT2D eigenvalue weighted by Gasteiger charge is -2.07. The van der Waals surface area contributed by atoms with Crippen LogP contribution in [-0.2, 0) is 35.2 Å². The zero-order chi connectivity index (χ0) is 94.2. The Labute approximate surface area is 761 Å². The summed E-state index contributed by atoms with van der Waals surface area (Å²) < 4.78 is 89.9. The summed E-state index contributed by atoms with van der Waals surface area (Å²) in [5.74, 6) is 0. The second kappa shape index (κ2) is 32.6. The summed E-state index contributed by atoms with van der Waals surface area (Å²) in [6.45, 7) is 12.3. The average Bonchev–Trinajstić information content (AvgIpc) is 1.56. The lowest BCUT2D eigenvalue weighted by atomic mass is 9.98. The fourth-order valence-corrected chi connectivity index (χ4v) is 19.7. The van der Waals surface area contributed by atoms with Gasteiger partial charge in [-0.25, -0.2) is 4.98 Å². The highest BCUT2D eigenvalue weighted by Crippen LogP contribution is 2.46. The van der Waals surface area contributed by atoms with Gasteiger partial charge in [0.15, 0.2) is 31.0 Å². The van der Waals surface area contributed by atoms with Gasteiger partial charge in [0, 0.05) is 96.8 Å². The molecule has 14 aromatic carbocycles. The largest absolute Gasteiger partial charge is 0.449 e. The maximum atomic E-state index is 8.20. The number of aromatic nitrogens is 6. The molecule has 25 aromatic rings. The molecule has 11 aromatic heterocycles.